The average molecular weight is 351 g/mol. The van der Waals surface area contributed by atoms with Crippen molar-refractivity contribution in [1.29, 1.82) is 0 Å². The Bertz CT molecular complexity index is 894. The number of aromatic nitrogens is 4. The Morgan fingerprint density at radius 3 is 2.46 bits per heavy atom. The van der Waals surface area contributed by atoms with Crippen LogP contribution in [-0.4, -0.2) is 25.5 Å². The monoisotopic (exact) mass is 351 g/mol. The molecular formula is C20H25N5O. The second-order valence-corrected chi connectivity index (χ2v) is 6.56. The van der Waals surface area contributed by atoms with E-state index in [-0.39, 0.29) is 11.9 Å². The molecule has 1 amide bonds. The van der Waals surface area contributed by atoms with E-state index in [4.69, 9.17) is 0 Å². The average Bonchev–Trinajstić information content (AvgIpc) is 3.17. The van der Waals surface area contributed by atoms with Gasteiger partial charge < -0.3 is 5.32 Å². The van der Waals surface area contributed by atoms with Crippen molar-refractivity contribution in [1.82, 2.24) is 24.9 Å². The SMILES string of the molecule is Cc1nn(CCC(=O)N[C@H](c2ccccc2)c2ccnn2C)c(C)c1C. The summed E-state index contributed by atoms with van der Waals surface area (Å²) in [5.41, 5.74) is 5.29. The molecule has 0 saturated carbocycles. The number of hydrogen-bond donors (Lipinski definition) is 1. The van der Waals surface area contributed by atoms with Crippen LogP contribution in [0.25, 0.3) is 0 Å². The summed E-state index contributed by atoms with van der Waals surface area (Å²) in [4.78, 5) is 12.6. The van der Waals surface area contributed by atoms with Gasteiger partial charge in [0.25, 0.3) is 0 Å². The van der Waals surface area contributed by atoms with Crippen molar-refractivity contribution in [3.63, 3.8) is 0 Å². The van der Waals surface area contributed by atoms with E-state index in [1.165, 1.54) is 5.56 Å². The maximum absolute atomic E-state index is 12.6. The van der Waals surface area contributed by atoms with Crippen molar-refractivity contribution in [2.45, 2.75) is 39.8 Å². The lowest BCUT2D eigenvalue weighted by atomic mass is 10.0. The molecule has 3 aromatic rings. The molecule has 1 atom stereocenters. The molecular weight excluding hydrogens is 326 g/mol. The van der Waals surface area contributed by atoms with Gasteiger partial charge in [0.05, 0.1) is 17.4 Å². The maximum atomic E-state index is 12.6. The van der Waals surface area contributed by atoms with Crippen LogP contribution in [-0.2, 0) is 18.4 Å². The molecule has 0 aliphatic rings. The zero-order chi connectivity index (χ0) is 18.7. The topological polar surface area (TPSA) is 64.7 Å². The van der Waals surface area contributed by atoms with Crippen LogP contribution in [0, 0.1) is 20.8 Å². The minimum Gasteiger partial charge on any atom is -0.344 e. The molecule has 1 aromatic carbocycles. The molecule has 2 heterocycles. The normalized spacial score (nSPS) is 12.2. The third kappa shape index (κ3) is 3.69. The minimum atomic E-state index is -0.224. The van der Waals surface area contributed by atoms with E-state index in [0.717, 1.165) is 22.6 Å². The quantitative estimate of drug-likeness (QED) is 0.743. The summed E-state index contributed by atoms with van der Waals surface area (Å²) in [7, 11) is 1.89. The highest BCUT2D eigenvalue weighted by Crippen LogP contribution is 2.21. The van der Waals surface area contributed by atoms with Crippen LogP contribution in [0.3, 0.4) is 0 Å². The van der Waals surface area contributed by atoms with Gasteiger partial charge in [-0.15, -0.1) is 0 Å². The zero-order valence-corrected chi connectivity index (χ0v) is 15.7. The standard InChI is InChI=1S/C20H25N5O/c1-14-15(2)23-25(16(14)3)13-11-19(26)22-20(17-8-6-5-7-9-17)18-10-12-21-24(18)4/h5-10,12,20H,11,13H2,1-4H3,(H,22,26)/t20-/m1/s1. The van der Waals surface area contributed by atoms with E-state index in [2.05, 4.69) is 22.4 Å². The Morgan fingerprint density at radius 2 is 1.88 bits per heavy atom. The fraction of sp³-hybridized carbons (Fsp3) is 0.350. The van der Waals surface area contributed by atoms with Gasteiger partial charge >= 0.3 is 0 Å². The number of hydrogen-bond acceptors (Lipinski definition) is 3. The molecule has 136 valence electrons. The van der Waals surface area contributed by atoms with Crippen molar-refractivity contribution in [2.75, 3.05) is 0 Å². The Labute approximate surface area is 153 Å². The summed E-state index contributed by atoms with van der Waals surface area (Å²) < 4.78 is 3.70. The number of nitrogens with zero attached hydrogens (tertiary/aromatic N) is 4. The van der Waals surface area contributed by atoms with Gasteiger partial charge in [-0.25, -0.2) is 0 Å². The maximum Gasteiger partial charge on any atom is 0.222 e. The number of rotatable bonds is 6. The second-order valence-electron chi connectivity index (χ2n) is 6.56. The highest BCUT2D eigenvalue weighted by molar-refractivity contribution is 5.76. The van der Waals surface area contributed by atoms with Crippen LogP contribution in [0.15, 0.2) is 42.6 Å². The first-order chi connectivity index (χ1) is 12.5. The Hall–Kier alpha value is -2.89. The van der Waals surface area contributed by atoms with Gasteiger partial charge in [-0.05, 0) is 38.0 Å². The number of amides is 1. The number of nitrogens with one attached hydrogen (secondary N) is 1. The first-order valence-corrected chi connectivity index (χ1v) is 8.80. The van der Waals surface area contributed by atoms with Gasteiger partial charge in [0.15, 0.2) is 0 Å². The van der Waals surface area contributed by atoms with Crippen molar-refractivity contribution >= 4 is 5.91 Å². The first-order valence-electron chi connectivity index (χ1n) is 8.80. The molecule has 1 N–H and O–H groups in total. The first kappa shape index (κ1) is 17.9. The van der Waals surface area contributed by atoms with E-state index in [0.29, 0.717) is 13.0 Å². The summed E-state index contributed by atoms with van der Waals surface area (Å²) in [5, 5.41) is 11.9. The van der Waals surface area contributed by atoms with Crippen LogP contribution >= 0.6 is 0 Å². The van der Waals surface area contributed by atoms with Crippen LogP contribution in [0.2, 0.25) is 0 Å². The van der Waals surface area contributed by atoms with Crippen molar-refractivity contribution in [2.24, 2.45) is 7.05 Å². The molecule has 0 fully saturated rings. The molecule has 6 heteroatoms. The predicted molar refractivity (Wildman–Crippen MR) is 101 cm³/mol. The summed E-state index contributed by atoms with van der Waals surface area (Å²) >= 11 is 0. The number of carbonyl (C=O) groups is 1. The lowest BCUT2D eigenvalue weighted by molar-refractivity contribution is -0.121. The third-order valence-corrected chi connectivity index (χ3v) is 4.89. The lowest BCUT2D eigenvalue weighted by Crippen LogP contribution is -2.31. The predicted octanol–water partition coefficient (Wildman–Crippen LogP) is 2.84. The Balaban J connectivity index is 1.73. The molecule has 3 rings (SSSR count). The summed E-state index contributed by atoms with van der Waals surface area (Å²) in [6.07, 6.45) is 2.12. The Morgan fingerprint density at radius 1 is 1.15 bits per heavy atom. The molecule has 0 aliphatic carbocycles. The molecule has 0 saturated heterocycles. The molecule has 2 aromatic heterocycles. The molecule has 6 nitrogen and oxygen atoms in total. The van der Waals surface area contributed by atoms with Crippen molar-refractivity contribution in [3.05, 3.63) is 70.8 Å². The van der Waals surface area contributed by atoms with Crippen molar-refractivity contribution in [3.8, 4) is 0 Å². The van der Waals surface area contributed by atoms with E-state index in [1.54, 1.807) is 10.9 Å². The molecule has 0 unspecified atom stereocenters. The third-order valence-electron chi connectivity index (χ3n) is 4.89. The fourth-order valence-corrected chi connectivity index (χ4v) is 3.09. The smallest absolute Gasteiger partial charge is 0.222 e. The van der Waals surface area contributed by atoms with Gasteiger partial charge in [0.2, 0.25) is 5.91 Å². The minimum absolute atomic E-state index is 0.00902. The molecule has 0 bridgehead atoms. The van der Waals surface area contributed by atoms with E-state index in [1.807, 2.05) is 62.0 Å². The highest BCUT2D eigenvalue weighted by atomic mass is 16.1. The second kappa shape index (κ2) is 7.56. The highest BCUT2D eigenvalue weighted by Gasteiger charge is 2.20. The lowest BCUT2D eigenvalue weighted by Gasteiger charge is -2.20. The molecule has 0 aliphatic heterocycles. The van der Waals surface area contributed by atoms with Crippen LogP contribution in [0.1, 0.15) is 40.7 Å². The number of benzene rings is 1. The summed E-state index contributed by atoms with van der Waals surface area (Å²) in [6, 6.07) is 11.7. The van der Waals surface area contributed by atoms with Gasteiger partial charge in [0.1, 0.15) is 0 Å². The van der Waals surface area contributed by atoms with Gasteiger partial charge in [0, 0.05) is 31.9 Å². The Kier molecular flexibility index (Phi) is 5.21. The van der Waals surface area contributed by atoms with E-state index >= 15 is 0 Å². The van der Waals surface area contributed by atoms with E-state index < -0.39 is 0 Å². The van der Waals surface area contributed by atoms with Gasteiger partial charge in [-0.1, -0.05) is 30.3 Å². The molecule has 0 spiro atoms. The molecule has 0 radical (unpaired) electrons. The largest absolute Gasteiger partial charge is 0.344 e. The summed E-state index contributed by atoms with van der Waals surface area (Å²) in [6.45, 7) is 6.66. The zero-order valence-electron chi connectivity index (χ0n) is 15.7. The number of carbonyl (C=O) groups excluding carboxylic acids is 1. The van der Waals surface area contributed by atoms with Crippen LogP contribution in [0.5, 0.6) is 0 Å². The summed E-state index contributed by atoms with van der Waals surface area (Å²) in [5.74, 6) is -0.00902. The van der Waals surface area contributed by atoms with Gasteiger partial charge in [-0.2, -0.15) is 10.2 Å². The number of aryl methyl sites for hydroxylation is 3. The van der Waals surface area contributed by atoms with E-state index in [9.17, 15) is 4.79 Å². The fourth-order valence-electron chi connectivity index (χ4n) is 3.09. The molecule has 26 heavy (non-hydrogen) atoms. The van der Waals surface area contributed by atoms with Gasteiger partial charge in [-0.3, -0.25) is 14.2 Å². The van der Waals surface area contributed by atoms with Crippen LogP contribution in [0.4, 0.5) is 0 Å². The van der Waals surface area contributed by atoms with Crippen LogP contribution < -0.4 is 5.32 Å². The van der Waals surface area contributed by atoms with Crippen molar-refractivity contribution < 1.29 is 4.79 Å².